The van der Waals surface area contributed by atoms with Crippen molar-refractivity contribution in [2.75, 3.05) is 19.6 Å². The van der Waals surface area contributed by atoms with E-state index >= 15 is 0 Å². The summed E-state index contributed by atoms with van der Waals surface area (Å²) in [6, 6.07) is 0. The summed E-state index contributed by atoms with van der Waals surface area (Å²) in [6.07, 6.45) is 0. The van der Waals surface area contributed by atoms with Crippen LogP contribution in [0.15, 0.2) is 0 Å². The summed E-state index contributed by atoms with van der Waals surface area (Å²) in [7, 11) is 0. The van der Waals surface area contributed by atoms with Crippen molar-refractivity contribution in [2.45, 2.75) is 20.8 Å². The highest BCUT2D eigenvalue weighted by Gasteiger charge is 1.89. The van der Waals surface area contributed by atoms with E-state index in [1.165, 1.54) is 19.6 Å². The Morgan fingerprint density at radius 1 is 0.909 bits per heavy atom. The van der Waals surface area contributed by atoms with Crippen LogP contribution in [0.4, 0.5) is 0 Å². The highest BCUT2D eigenvalue weighted by Crippen LogP contribution is 1.97. The average Bonchev–Trinajstić information content (AvgIpc) is 1.90. The van der Waals surface area contributed by atoms with E-state index in [0.717, 1.165) is 0 Å². The van der Waals surface area contributed by atoms with Crippen molar-refractivity contribution in [3.8, 4) is 0 Å². The smallest absolute Gasteiger partial charge is 0.304 e. The van der Waals surface area contributed by atoms with E-state index in [1.54, 1.807) is 0 Å². The summed E-state index contributed by atoms with van der Waals surface area (Å²) >= 11 is 14.7. The fourth-order valence-electron chi connectivity index (χ4n) is 0.671. The largest absolute Gasteiger partial charge is 0.376 e. The molecule has 69 valence electrons. The molecule has 0 aliphatic heterocycles. The Morgan fingerprint density at radius 3 is 1.09 bits per heavy atom. The fourth-order valence-corrected chi connectivity index (χ4v) is 0.671. The lowest BCUT2D eigenvalue weighted by Gasteiger charge is -2.13. The van der Waals surface area contributed by atoms with Gasteiger partial charge in [0, 0.05) is 0 Å². The molecule has 0 aromatic rings. The minimum absolute atomic E-state index is 1.19. The average molecular weight is 236 g/mol. The molecule has 5 heteroatoms. The second-order valence-corrected chi connectivity index (χ2v) is 7.41. The molecule has 11 heavy (non-hydrogen) atoms. The Hall–Kier alpha value is 1.05. The first-order valence-corrected chi connectivity index (χ1v) is 8.17. The van der Waals surface area contributed by atoms with Gasteiger partial charge in [0.2, 0.25) is 0 Å². The summed E-state index contributed by atoms with van der Waals surface area (Å²) < 4.78 is 0. The molecule has 0 N–H and O–H groups in total. The van der Waals surface area contributed by atoms with E-state index < -0.39 is 6.73 Å². The van der Waals surface area contributed by atoms with E-state index in [2.05, 4.69) is 25.7 Å². The molecule has 1 radical (unpaired) electrons. The first kappa shape index (κ1) is 14.6. The van der Waals surface area contributed by atoms with E-state index in [4.69, 9.17) is 33.2 Å². The molecule has 0 bridgehead atoms. The van der Waals surface area contributed by atoms with Crippen LogP contribution in [-0.4, -0.2) is 31.3 Å². The number of rotatable bonds is 3. The summed E-state index contributed by atoms with van der Waals surface area (Å²) in [5, 5.41) is 0. The summed E-state index contributed by atoms with van der Waals surface area (Å²) in [5.41, 5.74) is 0. The van der Waals surface area contributed by atoms with Crippen molar-refractivity contribution in [1.82, 2.24) is 4.90 Å². The maximum atomic E-state index is 4.91. The third-order valence-electron chi connectivity index (χ3n) is 1.34. The molecule has 0 fully saturated rings. The lowest BCUT2D eigenvalue weighted by Crippen LogP contribution is -2.21. The van der Waals surface area contributed by atoms with Gasteiger partial charge in [-0.3, -0.25) is 0 Å². The number of nitrogens with zero attached hydrogens (tertiary/aromatic N) is 1. The van der Waals surface area contributed by atoms with Gasteiger partial charge < -0.3 is 4.90 Å². The topological polar surface area (TPSA) is 3.24 Å². The highest BCUT2D eigenvalue weighted by atomic mass is 35.8. The SMILES string of the molecule is CCN(CC)CC.Cl[Si](Cl)Cl. The van der Waals surface area contributed by atoms with Crippen molar-refractivity contribution >= 4 is 40.0 Å². The molecule has 0 saturated heterocycles. The minimum Gasteiger partial charge on any atom is -0.304 e. The summed E-state index contributed by atoms with van der Waals surface area (Å²) in [4.78, 5) is 2.38. The van der Waals surface area contributed by atoms with Gasteiger partial charge in [-0.25, -0.2) is 0 Å². The summed E-state index contributed by atoms with van der Waals surface area (Å²) in [5.74, 6) is 0. The van der Waals surface area contributed by atoms with Crippen LogP contribution in [0.2, 0.25) is 0 Å². The molecule has 0 saturated carbocycles. The van der Waals surface area contributed by atoms with Crippen LogP contribution in [0.1, 0.15) is 20.8 Å². The van der Waals surface area contributed by atoms with Crippen molar-refractivity contribution in [2.24, 2.45) is 0 Å². The molecule has 0 aromatic heterocycles. The predicted octanol–water partition coefficient (Wildman–Crippen LogP) is 3.04. The first-order valence-electron chi connectivity index (χ1n) is 3.64. The van der Waals surface area contributed by atoms with Crippen LogP contribution in [0.25, 0.3) is 0 Å². The maximum absolute atomic E-state index is 4.91. The van der Waals surface area contributed by atoms with Gasteiger partial charge in [0.1, 0.15) is 0 Å². The Kier molecular flexibility index (Phi) is 14.6. The second-order valence-electron chi connectivity index (χ2n) is 1.83. The fraction of sp³-hybridized carbons (Fsp3) is 1.00. The van der Waals surface area contributed by atoms with Crippen LogP contribution < -0.4 is 0 Å². The Bertz CT molecular complexity index is 60.6. The van der Waals surface area contributed by atoms with Crippen molar-refractivity contribution in [3.05, 3.63) is 0 Å². The number of hydrogen-bond acceptors (Lipinski definition) is 1. The molecular formula is C6H15Cl3NSi. The molecule has 0 aromatic carbocycles. The lowest BCUT2D eigenvalue weighted by atomic mass is 10.5. The molecule has 0 atom stereocenters. The van der Waals surface area contributed by atoms with Gasteiger partial charge in [-0.15, -0.1) is 33.2 Å². The predicted molar refractivity (Wildman–Crippen MR) is 56.8 cm³/mol. The Balaban J connectivity index is 0. The first-order chi connectivity index (χ1) is 5.08. The molecule has 0 amide bonds. The minimum atomic E-state index is -1.46. The van der Waals surface area contributed by atoms with Gasteiger partial charge in [0.05, 0.1) is 0 Å². The van der Waals surface area contributed by atoms with Gasteiger partial charge in [-0.05, 0) is 19.6 Å². The number of hydrogen-bond donors (Lipinski definition) is 0. The molecule has 0 aliphatic carbocycles. The Morgan fingerprint density at radius 2 is 1.09 bits per heavy atom. The van der Waals surface area contributed by atoms with Crippen LogP contribution in [0, 0.1) is 0 Å². The van der Waals surface area contributed by atoms with E-state index in [9.17, 15) is 0 Å². The molecule has 0 unspecified atom stereocenters. The second kappa shape index (κ2) is 11.0. The van der Waals surface area contributed by atoms with Gasteiger partial charge in [-0.1, -0.05) is 20.8 Å². The van der Waals surface area contributed by atoms with Crippen LogP contribution >= 0.6 is 33.2 Å². The van der Waals surface area contributed by atoms with Crippen LogP contribution in [-0.2, 0) is 0 Å². The van der Waals surface area contributed by atoms with Crippen LogP contribution in [0.3, 0.4) is 0 Å². The van der Waals surface area contributed by atoms with Gasteiger partial charge in [-0.2, -0.15) is 0 Å². The zero-order valence-electron chi connectivity index (χ0n) is 7.20. The van der Waals surface area contributed by atoms with Gasteiger partial charge in [0.15, 0.2) is 0 Å². The zero-order chi connectivity index (χ0) is 9.28. The van der Waals surface area contributed by atoms with Crippen molar-refractivity contribution in [3.63, 3.8) is 0 Å². The molecule has 0 aliphatic rings. The Labute approximate surface area is 85.3 Å². The maximum Gasteiger partial charge on any atom is 0.376 e. The van der Waals surface area contributed by atoms with Crippen LogP contribution in [0.5, 0.6) is 0 Å². The highest BCUT2D eigenvalue weighted by molar-refractivity contribution is 7.54. The molecular weight excluding hydrogens is 221 g/mol. The molecule has 0 spiro atoms. The lowest BCUT2D eigenvalue weighted by molar-refractivity contribution is 0.321. The van der Waals surface area contributed by atoms with E-state index in [0.29, 0.717) is 0 Å². The van der Waals surface area contributed by atoms with Crippen molar-refractivity contribution < 1.29 is 0 Å². The third-order valence-corrected chi connectivity index (χ3v) is 1.34. The third kappa shape index (κ3) is 18.2. The number of halogens is 3. The molecule has 0 heterocycles. The molecule has 1 nitrogen and oxygen atoms in total. The quantitative estimate of drug-likeness (QED) is 0.537. The van der Waals surface area contributed by atoms with E-state index in [-0.39, 0.29) is 0 Å². The summed E-state index contributed by atoms with van der Waals surface area (Å²) in [6.45, 7) is 8.66. The monoisotopic (exact) mass is 234 g/mol. The molecule has 0 rings (SSSR count). The standard InChI is InChI=1S/C6H15N.Cl3Si/c1-4-7(5-2)6-3;1-4(2)3/h4-6H2,1-3H3;. The zero-order valence-corrected chi connectivity index (χ0v) is 10.5. The van der Waals surface area contributed by atoms with E-state index in [1.807, 2.05) is 0 Å². The van der Waals surface area contributed by atoms with Gasteiger partial charge >= 0.3 is 6.73 Å². The normalized spacial score (nSPS) is 9.82. The van der Waals surface area contributed by atoms with Gasteiger partial charge in [0.25, 0.3) is 0 Å². The van der Waals surface area contributed by atoms with Crippen molar-refractivity contribution in [1.29, 1.82) is 0 Å².